The van der Waals surface area contributed by atoms with Gasteiger partial charge in [0.2, 0.25) is 11.6 Å². The van der Waals surface area contributed by atoms with Crippen molar-refractivity contribution in [2.24, 2.45) is 0 Å². The van der Waals surface area contributed by atoms with Crippen molar-refractivity contribution in [3.63, 3.8) is 0 Å². The van der Waals surface area contributed by atoms with Crippen LogP contribution in [0.1, 0.15) is 33.3 Å². The number of benzene rings is 1. The zero-order valence-corrected chi connectivity index (χ0v) is 18.9. The molecule has 3 N–H and O–H groups in total. The van der Waals surface area contributed by atoms with Gasteiger partial charge in [-0.15, -0.1) is 0 Å². The van der Waals surface area contributed by atoms with E-state index in [1.54, 1.807) is 0 Å². The van der Waals surface area contributed by atoms with E-state index in [-0.39, 0.29) is 23.9 Å². The molecule has 6 nitrogen and oxygen atoms in total. The molecule has 0 saturated heterocycles. The van der Waals surface area contributed by atoms with Gasteiger partial charge in [-0.2, -0.15) is 0 Å². The van der Waals surface area contributed by atoms with E-state index >= 15 is 0 Å². The Kier molecular flexibility index (Phi) is 10.1. The van der Waals surface area contributed by atoms with E-state index in [0.717, 1.165) is 11.3 Å². The Balaban J connectivity index is 2.46. The van der Waals surface area contributed by atoms with Gasteiger partial charge in [0.15, 0.2) is 5.11 Å². The maximum absolute atomic E-state index is 12.1. The number of hydrogen-bond acceptors (Lipinski definition) is 6. The van der Waals surface area contributed by atoms with Gasteiger partial charge in [-0.1, -0.05) is 29.6 Å². The molecular formula is C16H26N3O3PS3. The summed E-state index contributed by atoms with van der Waals surface area (Å²) in [5, 5.41) is 3.33. The summed E-state index contributed by atoms with van der Waals surface area (Å²) in [7, 11) is 0. The minimum Gasteiger partial charge on any atom is -0.331 e. The first-order valence-electron chi connectivity index (χ1n) is 8.14. The molecule has 0 aliphatic rings. The fourth-order valence-electron chi connectivity index (χ4n) is 1.77. The van der Waals surface area contributed by atoms with Crippen LogP contribution in [0.3, 0.4) is 0 Å². The molecule has 0 saturated carbocycles. The summed E-state index contributed by atoms with van der Waals surface area (Å²) in [5.74, 6) is -0.158. The lowest BCUT2D eigenvalue weighted by atomic mass is 10.2. The molecule has 0 aromatic heterocycles. The number of amides is 1. The Morgan fingerprint density at radius 3 is 2.27 bits per heavy atom. The zero-order chi connectivity index (χ0) is 19.7. The van der Waals surface area contributed by atoms with Crippen molar-refractivity contribution in [3.8, 4) is 0 Å². The van der Waals surface area contributed by atoms with Crippen LogP contribution in [0.5, 0.6) is 0 Å². The molecule has 0 unspecified atom stereocenters. The number of carbonyl (C=O) groups is 1. The number of anilines is 1. The summed E-state index contributed by atoms with van der Waals surface area (Å²) in [4.78, 5) is 12.1. The second kappa shape index (κ2) is 11.2. The highest BCUT2D eigenvalue weighted by atomic mass is 32.9. The van der Waals surface area contributed by atoms with Gasteiger partial charge in [-0.3, -0.25) is 15.6 Å². The molecule has 0 heterocycles. The molecular weight excluding hydrogens is 409 g/mol. The first-order chi connectivity index (χ1) is 12.1. The maximum Gasteiger partial charge on any atom is 0.248 e. The van der Waals surface area contributed by atoms with Crippen molar-refractivity contribution >= 4 is 57.8 Å². The molecule has 10 heteroatoms. The van der Waals surface area contributed by atoms with Crippen LogP contribution in [0, 0.1) is 6.92 Å². The Bertz CT molecular complexity index is 657. The van der Waals surface area contributed by atoms with Gasteiger partial charge in [-0.05, 0) is 70.3 Å². The number of thiocarbonyl (C=S) groups is 1. The predicted octanol–water partition coefficient (Wildman–Crippen LogP) is 4.12. The second-order valence-electron chi connectivity index (χ2n) is 5.97. The first-order valence-corrected chi connectivity index (χ1v) is 12.8. The summed E-state index contributed by atoms with van der Waals surface area (Å²) in [6.45, 7) is 9.53. The number of nitrogens with one attached hydrogen (secondary N) is 3. The first kappa shape index (κ1) is 23.3. The Labute approximate surface area is 170 Å². The number of hydrazine groups is 1. The van der Waals surface area contributed by atoms with E-state index in [1.165, 1.54) is 11.4 Å². The summed E-state index contributed by atoms with van der Waals surface area (Å²) >= 11 is 11.9. The Morgan fingerprint density at radius 1 is 1.15 bits per heavy atom. The molecule has 0 bridgehead atoms. The molecule has 1 rings (SSSR count). The van der Waals surface area contributed by atoms with Crippen LogP contribution in [0.15, 0.2) is 24.3 Å². The molecule has 0 radical (unpaired) electrons. The summed E-state index contributed by atoms with van der Waals surface area (Å²) in [6.07, 6.45) is -0.140. The highest BCUT2D eigenvalue weighted by Crippen LogP contribution is 2.62. The molecule has 0 atom stereocenters. The fraction of sp³-hybridized carbons (Fsp3) is 0.500. The van der Waals surface area contributed by atoms with Gasteiger partial charge in [-0.25, -0.2) is 0 Å². The number of para-hydroxylation sites is 1. The highest BCUT2D eigenvalue weighted by Gasteiger charge is 2.24. The standard InChI is InChI=1S/C16H26N3O3PS3/c1-11(2)21-23(25,22-12(3)4)26-10-15(20)18-19-16(24)17-14-9-7-6-8-13(14)5/h6-9,11-12H,10H2,1-5H3,(H,18,20)(H2,17,19,24). The van der Waals surface area contributed by atoms with Crippen LogP contribution < -0.4 is 16.2 Å². The lowest BCUT2D eigenvalue weighted by Gasteiger charge is -2.25. The highest BCUT2D eigenvalue weighted by molar-refractivity contribution is 8.68. The van der Waals surface area contributed by atoms with E-state index in [9.17, 15) is 4.79 Å². The van der Waals surface area contributed by atoms with Gasteiger partial charge in [0.05, 0.1) is 18.0 Å². The molecule has 0 fully saturated rings. The molecule has 26 heavy (non-hydrogen) atoms. The Morgan fingerprint density at radius 2 is 1.73 bits per heavy atom. The van der Waals surface area contributed by atoms with Crippen LogP contribution >= 0.6 is 29.3 Å². The SMILES string of the molecule is Cc1ccccc1NC(=S)NNC(=O)CSP(=S)(OC(C)C)OC(C)C. The zero-order valence-electron chi connectivity index (χ0n) is 15.6. The van der Waals surface area contributed by atoms with Crippen LogP contribution in [-0.2, 0) is 25.6 Å². The third-order valence-corrected chi connectivity index (χ3v) is 8.33. The van der Waals surface area contributed by atoms with Crippen molar-refractivity contribution in [2.45, 2.75) is 46.8 Å². The van der Waals surface area contributed by atoms with Gasteiger partial charge in [0.25, 0.3) is 0 Å². The lowest BCUT2D eigenvalue weighted by molar-refractivity contribution is -0.119. The van der Waals surface area contributed by atoms with Gasteiger partial charge in [0.1, 0.15) is 0 Å². The maximum atomic E-state index is 12.1. The normalized spacial score (nSPS) is 11.5. The minimum atomic E-state index is -2.58. The summed E-state index contributed by atoms with van der Waals surface area (Å²) in [5.41, 5.74) is 4.57. The third kappa shape index (κ3) is 9.30. The van der Waals surface area contributed by atoms with Crippen molar-refractivity contribution < 1.29 is 13.8 Å². The second-order valence-corrected chi connectivity index (χ2v) is 12.6. The van der Waals surface area contributed by atoms with Gasteiger partial charge in [0, 0.05) is 5.69 Å². The van der Waals surface area contributed by atoms with Gasteiger partial charge >= 0.3 is 0 Å². The molecule has 0 spiro atoms. The monoisotopic (exact) mass is 435 g/mol. The van der Waals surface area contributed by atoms with E-state index in [4.69, 9.17) is 33.1 Å². The number of rotatable bonds is 8. The van der Waals surface area contributed by atoms with Crippen molar-refractivity contribution in [1.82, 2.24) is 10.9 Å². The summed E-state index contributed by atoms with van der Waals surface area (Å²) < 4.78 is 11.5. The lowest BCUT2D eigenvalue weighted by Crippen LogP contribution is -2.44. The average Bonchev–Trinajstić information content (AvgIpc) is 2.51. The van der Waals surface area contributed by atoms with E-state index < -0.39 is 5.69 Å². The predicted molar refractivity (Wildman–Crippen MR) is 118 cm³/mol. The largest absolute Gasteiger partial charge is 0.331 e. The quantitative estimate of drug-likeness (QED) is 0.320. The molecule has 0 aliphatic carbocycles. The average molecular weight is 436 g/mol. The molecule has 1 aromatic carbocycles. The fourth-order valence-corrected chi connectivity index (χ4v) is 7.21. The molecule has 1 amide bonds. The van der Waals surface area contributed by atoms with E-state index in [2.05, 4.69) is 16.2 Å². The summed E-state index contributed by atoms with van der Waals surface area (Å²) in [6, 6.07) is 7.72. The number of hydrogen-bond donors (Lipinski definition) is 3. The molecule has 0 aliphatic heterocycles. The smallest absolute Gasteiger partial charge is 0.248 e. The number of carbonyl (C=O) groups excluding carboxylic acids is 1. The van der Waals surface area contributed by atoms with Crippen LogP contribution in [0.4, 0.5) is 5.69 Å². The van der Waals surface area contributed by atoms with Crippen LogP contribution in [-0.4, -0.2) is 29.0 Å². The minimum absolute atomic E-state index is 0.0702. The van der Waals surface area contributed by atoms with E-state index in [1.807, 2.05) is 58.9 Å². The topological polar surface area (TPSA) is 71.6 Å². The molecule has 146 valence electrons. The van der Waals surface area contributed by atoms with Gasteiger partial charge < -0.3 is 14.4 Å². The third-order valence-electron chi connectivity index (χ3n) is 2.74. The van der Waals surface area contributed by atoms with Crippen molar-refractivity contribution in [1.29, 1.82) is 0 Å². The molecule has 1 aromatic rings. The number of aryl methyl sites for hydroxylation is 1. The van der Waals surface area contributed by atoms with E-state index in [0.29, 0.717) is 5.11 Å². The Hall–Kier alpha value is -0.700. The van der Waals surface area contributed by atoms with Crippen molar-refractivity contribution in [2.75, 3.05) is 11.1 Å². The van der Waals surface area contributed by atoms with Crippen LogP contribution in [0.2, 0.25) is 0 Å². The van der Waals surface area contributed by atoms with Crippen molar-refractivity contribution in [3.05, 3.63) is 29.8 Å². The van der Waals surface area contributed by atoms with Crippen LogP contribution in [0.25, 0.3) is 0 Å².